The Morgan fingerprint density at radius 2 is 1.45 bits per heavy atom. The highest BCUT2D eigenvalue weighted by Crippen LogP contribution is 2.22. The Kier molecular flexibility index (Phi) is 6.27. The molecule has 1 heterocycles. The van der Waals surface area contributed by atoms with E-state index in [1.807, 2.05) is 103 Å². The van der Waals surface area contributed by atoms with E-state index in [-0.39, 0.29) is 5.78 Å². The van der Waals surface area contributed by atoms with Gasteiger partial charge in [0.05, 0.1) is 11.4 Å². The second-order valence-electron chi connectivity index (χ2n) is 7.67. The first kappa shape index (κ1) is 20.6. The van der Waals surface area contributed by atoms with Crippen LogP contribution >= 0.6 is 0 Å². The van der Waals surface area contributed by atoms with Crippen LogP contribution < -0.4 is 4.74 Å². The number of hydrogen-bond donors (Lipinski definition) is 0. The average molecular weight is 411 g/mol. The monoisotopic (exact) mass is 410 g/mol. The topological polar surface area (TPSA) is 44.1 Å². The molecule has 0 aliphatic carbocycles. The van der Waals surface area contributed by atoms with E-state index in [2.05, 4.69) is 5.10 Å². The number of benzene rings is 3. The minimum atomic E-state index is 0.225. The lowest BCUT2D eigenvalue weighted by molar-refractivity contribution is -0.118. The number of Topliss-reactive ketones (excluding diaryl/α,β-unsaturated/α-hetero) is 1. The van der Waals surface area contributed by atoms with E-state index < -0.39 is 0 Å². The van der Waals surface area contributed by atoms with Crippen molar-refractivity contribution < 1.29 is 9.53 Å². The van der Waals surface area contributed by atoms with Crippen molar-refractivity contribution in [1.29, 1.82) is 0 Å². The Morgan fingerprint density at radius 1 is 0.839 bits per heavy atom. The van der Waals surface area contributed by atoms with Gasteiger partial charge in [-0.15, -0.1) is 0 Å². The number of ether oxygens (including phenoxy) is 1. The van der Waals surface area contributed by atoms with Crippen LogP contribution in [-0.2, 0) is 17.6 Å². The Hall–Kier alpha value is -3.66. The van der Waals surface area contributed by atoms with Crippen molar-refractivity contribution in [2.75, 3.05) is 0 Å². The normalized spacial score (nSPS) is 10.8. The molecule has 0 radical (unpaired) electrons. The third-order valence-electron chi connectivity index (χ3n) is 5.41. The Labute approximate surface area is 183 Å². The van der Waals surface area contributed by atoms with Gasteiger partial charge >= 0.3 is 0 Å². The van der Waals surface area contributed by atoms with Crippen LogP contribution in [0.1, 0.15) is 28.9 Å². The second-order valence-corrected chi connectivity index (χ2v) is 7.67. The molecule has 0 aliphatic heterocycles. The lowest BCUT2D eigenvalue weighted by atomic mass is 10.0. The van der Waals surface area contributed by atoms with Gasteiger partial charge in [-0.1, -0.05) is 48.5 Å². The van der Waals surface area contributed by atoms with Crippen molar-refractivity contribution in [3.63, 3.8) is 0 Å². The maximum Gasteiger partial charge on any atom is 0.137 e. The van der Waals surface area contributed by atoms with Crippen LogP contribution in [0, 0.1) is 13.8 Å². The number of para-hydroxylation sites is 2. The molecular weight excluding hydrogens is 384 g/mol. The third kappa shape index (κ3) is 5.10. The smallest absolute Gasteiger partial charge is 0.137 e. The van der Waals surface area contributed by atoms with Gasteiger partial charge in [0.1, 0.15) is 17.3 Å². The predicted molar refractivity (Wildman–Crippen MR) is 123 cm³/mol. The van der Waals surface area contributed by atoms with Gasteiger partial charge in [0.2, 0.25) is 0 Å². The first-order valence-corrected chi connectivity index (χ1v) is 10.5. The zero-order chi connectivity index (χ0) is 21.6. The van der Waals surface area contributed by atoms with Crippen molar-refractivity contribution >= 4 is 5.78 Å². The van der Waals surface area contributed by atoms with Gasteiger partial charge in [0.25, 0.3) is 0 Å². The minimum absolute atomic E-state index is 0.225. The molecule has 0 unspecified atom stereocenters. The number of aryl methyl sites for hydroxylation is 2. The van der Waals surface area contributed by atoms with Crippen LogP contribution in [0.25, 0.3) is 5.69 Å². The van der Waals surface area contributed by atoms with E-state index >= 15 is 0 Å². The van der Waals surface area contributed by atoms with Crippen molar-refractivity contribution in [2.45, 2.75) is 33.1 Å². The maximum absolute atomic E-state index is 12.7. The fourth-order valence-corrected chi connectivity index (χ4v) is 3.67. The molecule has 0 fully saturated rings. The Morgan fingerprint density at radius 3 is 2.13 bits per heavy atom. The summed E-state index contributed by atoms with van der Waals surface area (Å²) < 4.78 is 7.75. The summed E-state index contributed by atoms with van der Waals surface area (Å²) in [7, 11) is 0. The quantitative estimate of drug-likeness (QED) is 0.356. The molecule has 156 valence electrons. The first-order chi connectivity index (χ1) is 15.1. The summed E-state index contributed by atoms with van der Waals surface area (Å²) in [6.07, 6.45) is 1.64. The largest absolute Gasteiger partial charge is 0.457 e. The highest BCUT2D eigenvalue weighted by atomic mass is 16.5. The standard InChI is InChI=1S/C27H26N2O2/c1-20-27(21(2)29(28-20)23-9-5-3-6-10-23)19-24(30)16-13-22-14-17-26(18-15-22)31-25-11-7-4-8-12-25/h3-12,14-15,17-18H,13,16,19H2,1-2H3. The van der Waals surface area contributed by atoms with E-state index in [9.17, 15) is 4.79 Å². The van der Waals surface area contributed by atoms with Crippen molar-refractivity contribution in [3.8, 4) is 17.2 Å². The number of ketones is 1. The Bertz CT molecular complexity index is 1150. The summed E-state index contributed by atoms with van der Waals surface area (Å²) in [5.41, 5.74) is 5.11. The molecule has 1 aromatic heterocycles. The van der Waals surface area contributed by atoms with E-state index in [1.54, 1.807) is 0 Å². The van der Waals surface area contributed by atoms with Gasteiger partial charge in [-0.3, -0.25) is 4.79 Å². The van der Waals surface area contributed by atoms with Gasteiger partial charge in [0.15, 0.2) is 0 Å². The van der Waals surface area contributed by atoms with Crippen molar-refractivity contribution in [3.05, 3.63) is 107 Å². The number of aromatic nitrogens is 2. The molecule has 0 spiro atoms. The summed E-state index contributed by atoms with van der Waals surface area (Å²) in [5.74, 6) is 1.83. The van der Waals surface area contributed by atoms with E-state index in [1.165, 1.54) is 0 Å². The number of rotatable bonds is 8. The second kappa shape index (κ2) is 9.43. The van der Waals surface area contributed by atoms with Crippen LogP contribution in [0.3, 0.4) is 0 Å². The summed E-state index contributed by atoms with van der Waals surface area (Å²) in [5, 5.41) is 4.65. The van der Waals surface area contributed by atoms with Crippen LogP contribution in [-0.4, -0.2) is 15.6 Å². The van der Waals surface area contributed by atoms with Crippen molar-refractivity contribution in [1.82, 2.24) is 9.78 Å². The average Bonchev–Trinajstić information content (AvgIpc) is 3.08. The van der Waals surface area contributed by atoms with Gasteiger partial charge in [-0.2, -0.15) is 5.10 Å². The van der Waals surface area contributed by atoms with E-state index in [0.29, 0.717) is 12.8 Å². The first-order valence-electron chi connectivity index (χ1n) is 10.5. The van der Waals surface area contributed by atoms with Gasteiger partial charge in [-0.05, 0) is 62.2 Å². The fourth-order valence-electron chi connectivity index (χ4n) is 3.67. The zero-order valence-corrected chi connectivity index (χ0v) is 17.9. The SMILES string of the molecule is Cc1nn(-c2ccccc2)c(C)c1CC(=O)CCc1ccc(Oc2ccccc2)cc1. The highest BCUT2D eigenvalue weighted by Gasteiger charge is 2.16. The lowest BCUT2D eigenvalue weighted by Gasteiger charge is -2.07. The van der Waals surface area contributed by atoms with Crippen LogP contribution in [0.5, 0.6) is 11.5 Å². The molecule has 4 nitrogen and oxygen atoms in total. The predicted octanol–water partition coefficient (Wildman–Crippen LogP) is 6.03. The van der Waals surface area contributed by atoms with Gasteiger partial charge < -0.3 is 4.74 Å². The van der Waals surface area contributed by atoms with Gasteiger partial charge in [-0.25, -0.2) is 4.68 Å². The minimum Gasteiger partial charge on any atom is -0.457 e. The molecular formula is C27H26N2O2. The molecule has 4 heteroatoms. The number of carbonyl (C=O) groups excluding carboxylic acids is 1. The van der Waals surface area contributed by atoms with E-state index in [4.69, 9.17) is 4.74 Å². The highest BCUT2D eigenvalue weighted by molar-refractivity contribution is 5.81. The summed E-state index contributed by atoms with van der Waals surface area (Å²) in [6, 6.07) is 27.7. The number of carbonyl (C=O) groups is 1. The molecule has 3 aromatic carbocycles. The maximum atomic E-state index is 12.7. The third-order valence-corrected chi connectivity index (χ3v) is 5.41. The van der Waals surface area contributed by atoms with Crippen LogP contribution in [0.2, 0.25) is 0 Å². The summed E-state index contributed by atoms with van der Waals surface area (Å²) in [4.78, 5) is 12.7. The molecule has 0 aliphatic rings. The summed E-state index contributed by atoms with van der Waals surface area (Å²) >= 11 is 0. The van der Waals surface area contributed by atoms with E-state index in [0.717, 1.165) is 46.1 Å². The molecule has 4 rings (SSSR count). The molecule has 0 N–H and O–H groups in total. The van der Waals surface area contributed by atoms with Crippen LogP contribution in [0.4, 0.5) is 0 Å². The van der Waals surface area contributed by atoms with Crippen LogP contribution in [0.15, 0.2) is 84.9 Å². The zero-order valence-electron chi connectivity index (χ0n) is 17.9. The molecule has 0 amide bonds. The molecule has 0 bridgehead atoms. The Balaban J connectivity index is 1.35. The fraction of sp³-hybridized carbons (Fsp3) is 0.185. The number of hydrogen-bond acceptors (Lipinski definition) is 3. The molecule has 31 heavy (non-hydrogen) atoms. The molecule has 0 saturated carbocycles. The molecule has 0 atom stereocenters. The van der Waals surface area contributed by atoms with Crippen molar-refractivity contribution in [2.24, 2.45) is 0 Å². The molecule has 4 aromatic rings. The van der Waals surface area contributed by atoms with Gasteiger partial charge in [0, 0.05) is 24.1 Å². The number of nitrogens with zero attached hydrogens (tertiary/aromatic N) is 2. The molecule has 0 saturated heterocycles. The summed E-state index contributed by atoms with van der Waals surface area (Å²) in [6.45, 7) is 4.00. The lowest BCUT2D eigenvalue weighted by Crippen LogP contribution is -2.06.